The first-order chi connectivity index (χ1) is 21.1. The summed E-state index contributed by atoms with van der Waals surface area (Å²) in [6.45, 7) is 10.6. The van der Waals surface area contributed by atoms with Crippen molar-refractivity contribution in [1.29, 1.82) is 0 Å². The number of pyridine rings is 1. The van der Waals surface area contributed by atoms with Gasteiger partial charge in [0.25, 0.3) is 5.56 Å². The first-order valence-corrected chi connectivity index (χ1v) is 14.6. The molecule has 14 heteroatoms. The lowest BCUT2D eigenvalue weighted by molar-refractivity contribution is 0.0123. The molecule has 0 spiro atoms. The van der Waals surface area contributed by atoms with Gasteiger partial charge in [-0.1, -0.05) is 23.7 Å². The zero-order valence-corrected chi connectivity index (χ0v) is 25.3. The number of nitrogens with one attached hydrogen (secondary N) is 2. The molecular formula is C30H32ClN9O4. The highest BCUT2D eigenvalue weighted by Crippen LogP contribution is 2.26. The number of likely N-dealkylation sites (tertiary alicyclic amines) is 1. The molecule has 1 aliphatic heterocycles. The van der Waals surface area contributed by atoms with Crippen molar-refractivity contribution >= 4 is 51.3 Å². The number of carbonyl (C=O) groups excluding carboxylic acids is 1. The summed E-state index contributed by atoms with van der Waals surface area (Å²) in [4.78, 5) is 41.3. The molecule has 13 nitrogen and oxygen atoms in total. The number of carbonyl (C=O) groups is 1. The molecular weight excluding hydrogens is 586 g/mol. The number of benzene rings is 1. The van der Waals surface area contributed by atoms with Gasteiger partial charge in [0.1, 0.15) is 17.1 Å². The van der Waals surface area contributed by atoms with Gasteiger partial charge in [-0.2, -0.15) is 15.1 Å². The van der Waals surface area contributed by atoms with Gasteiger partial charge in [-0.25, -0.2) is 19.1 Å². The van der Waals surface area contributed by atoms with Gasteiger partial charge in [-0.3, -0.25) is 9.89 Å². The van der Waals surface area contributed by atoms with E-state index in [4.69, 9.17) is 31.0 Å². The molecule has 5 aromatic rings. The lowest BCUT2D eigenvalue weighted by Gasteiger charge is -2.33. The smallest absolute Gasteiger partial charge is 0.410 e. The van der Waals surface area contributed by atoms with Crippen molar-refractivity contribution in [2.45, 2.75) is 51.9 Å². The molecule has 0 bridgehead atoms. The van der Waals surface area contributed by atoms with Crippen molar-refractivity contribution in [3.8, 4) is 11.7 Å². The molecule has 6 rings (SSSR count). The van der Waals surface area contributed by atoms with Crippen molar-refractivity contribution in [3.05, 3.63) is 70.8 Å². The second kappa shape index (κ2) is 11.6. The Labute approximate surface area is 257 Å². The number of fused-ring (bicyclic) bond motifs is 2. The Balaban J connectivity index is 1.26. The summed E-state index contributed by atoms with van der Waals surface area (Å²) in [7, 11) is 0. The first kappa shape index (κ1) is 29.2. The predicted molar refractivity (Wildman–Crippen MR) is 167 cm³/mol. The van der Waals surface area contributed by atoms with Crippen LogP contribution in [0.2, 0.25) is 5.15 Å². The third-order valence-corrected chi connectivity index (χ3v) is 7.35. The van der Waals surface area contributed by atoms with Crippen LogP contribution in [0.1, 0.15) is 33.6 Å². The van der Waals surface area contributed by atoms with E-state index in [1.54, 1.807) is 27.8 Å². The number of aromatic amines is 1. The Morgan fingerprint density at radius 2 is 1.98 bits per heavy atom. The van der Waals surface area contributed by atoms with Crippen LogP contribution < -0.4 is 15.6 Å². The SMILES string of the molecule is C=CCn1c(=O)c2cnc(Nc3ccc4[nH]nc(Cl)c4c3)nc2n1-c1cccc(OC2CCN(C(=O)OC(C)(C)C)CC2)n1. The molecule has 1 fully saturated rings. The largest absolute Gasteiger partial charge is 0.474 e. The monoisotopic (exact) mass is 617 g/mol. The van der Waals surface area contributed by atoms with Crippen molar-refractivity contribution < 1.29 is 14.3 Å². The van der Waals surface area contributed by atoms with Gasteiger partial charge < -0.3 is 19.7 Å². The summed E-state index contributed by atoms with van der Waals surface area (Å²) in [6.07, 6.45) is 3.94. The zero-order valence-electron chi connectivity index (χ0n) is 24.6. The van der Waals surface area contributed by atoms with Crippen LogP contribution in [-0.2, 0) is 11.3 Å². The number of H-pyrrole nitrogens is 1. The summed E-state index contributed by atoms with van der Waals surface area (Å²) in [5.41, 5.74) is 1.04. The molecule has 1 amide bonds. The van der Waals surface area contributed by atoms with E-state index in [9.17, 15) is 9.59 Å². The molecule has 0 aliphatic carbocycles. The van der Waals surface area contributed by atoms with E-state index < -0.39 is 5.60 Å². The number of anilines is 2. The number of piperidine rings is 1. The van der Waals surface area contributed by atoms with Gasteiger partial charge >= 0.3 is 6.09 Å². The Morgan fingerprint density at radius 3 is 2.73 bits per heavy atom. The number of hydrogen-bond donors (Lipinski definition) is 2. The molecule has 4 aromatic heterocycles. The molecule has 44 heavy (non-hydrogen) atoms. The average molecular weight is 618 g/mol. The van der Waals surface area contributed by atoms with Crippen LogP contribution in [-0.4, -0.2) is 70.3 Å². The van der Waals surface area contributed by atoms with E-state index in [1.165, 1.54) is 10.9 Å². The maximum absolute atomic E-state index is 13.4. The van der Waals surface area contributed by atoms with Crippen LogP contribution in [0.25, 0.3) is 27.8 Å². The van der Waals surface area contributed by atoms with Gasteiger partial charge in [-0.15, -0.1) is 6.58 Å². The van der Waals surface area contributed by atoms with E-state index in [0.29, 0.717) is 59.5 Å². The van der Waals surface area contributed by atoms with Crippen LogP contribution >= 0.6 is 11.6 Å². The van der Waals surface area contributed by atoms with Crippen molar-refractivity contribution in [1.82, 2.24) is 39.4 Å². The first-order valence-electron chi connectivity index (χ1n) is 14.2. The molecule has 0 atom stereocenters. The number of aromatic nitrogens is 7. The highest BCUT2D eigenvalue weighted by atomic mass is 35.5. The number of ether oxygens (including phenoxy) is 2. The van der Waals surface area contributed by atoms with Crippen LogP contribution in [0.3, 0.4) is 0 Å². The fourth-order valence-corrected chi connectivity index (χ4v) is 5.24. The summed E-state index contributed by atoms with van der Waals surface area (Å²) < 4.78 is 14.9. The van der Waals surface area contributed by atoms with Crippen LogP contribution in [0.5, 0.6) is 5.88 Å². The van der Waals surface area contributed by atoms with E-state index in [-0.39, 0.29) is 30.2 Å². The lowest BCUT2D eigenvalue weighted by atomic mass is 10.1. The summed E-state index contributed by atoms with van der Waals surface area (Å²) in [5, 5.41) is 11.5. The number of nitrogens with zero attached hydrogens (tertiary/aromatic N) is 7. The minimum absolute atomic E-state index is 0.132. The number of amides is 1. The van der Waals surface area contributed by atoms with Crippen LogP contribution in [0.4, 0.5) is 16.4 Å². The molecule has 228 valence electrons. The fourth-order valence-electron chi connectivity index (χ4n) is 5.04. The molecule has 0 radical (unpaired) electrons. The van der Waals surface area contributed by atoms with Crippen molar-refractivity contribution in [3.63, 3.8) is 0 Å². The zero-order chi connectivity index (χ0) is 31.0. The van der Waals surface area contributed by atoms with E-state index >= 15 is 0 Å². The minimum Gasteiger partial charge on any atom is -0.474 e. The highest BCUT2D eigenvalue weighted by Gasteiger charge is 2.28. The number of hydrogen-bond acceptors (Lipinski definition) is 9. The maximum Gasteiger partial charge on any atom is 0.410 e. The molecule has 0 saturated carbocycles. The standard InChI is InChI=1S/C30H32ClN9O4/c1-5-13-39-27(41)21-17-32-28(33-18-9-10-22-20(16-18)25(31)37-36-22)35-26(21)40(39)23-7-6-8-24(34-23)43-19-11-14-38(15-12-19)29(42)44-30(2,3)4/h5-10,16-17,19H,1,11-15H2,2-4H3,(H,36,37)(H,32,33,35). The lowest BCUT2D eigenvalue weighted by Crippen LogP contribution is -2.44. The van der Waals surface area contributed by atoms with Gasteiger partial charge in [0.05, 0.1) is 12.1 Å². The van der Waals surface area contributed by atoms with Crippen molar-refractivity contribution in [2.75, 3.05) is 18.4 Å². The third kappa shape index (κ3) is 5.95. The van der Waals surface area contributed by atoms with Crippen LogP contribution in [0.15, 0.2) is 60.0 Å². The van der Waals surface area contributed by atoms with Gasteiger partial charge in [0, 0.05) is 49.3 Å². The Bertz CT molecular complexity index is 1920. The topological polar surface area (TPSA) is 145 Å². The molecule has 0 unspecified atom stereocenters. The van der Waals surface area contributed by atoms with E-state index in [2.05, 4.69) is 27.1 Å². The predicted octanol–water partition coefficient (Wildman–Crippen LogP) is 5.21. The Hall–Kier alpha value is -4.91. The average Bonchev–Trinajstić information content (AvgIpc) is 3.49. The van der Waals surface area contributed by atoms with E-state index in [1.807, 2.05) is 45.0 Å². The second-order valence-corrected chi connectivity index (χ2v) is 11.8. The van der Waals surface area contributed by atoms with E-state index in [0.717, 1.165) is 10.9 Å². The van der Waals surface area contributed by atoms with Gasteiger partial charge in [0.15, 0.2) is 16.6 Å². The molecule has 1 saturated heterocycles. The number of rotatable bonds is 7. The third-order valence-electron chi connectivity index (χ3n) is 7.06. The molecule has 1 aromatic carbocycles. The normalized spacial score (nSPS) is 14.2. The fraction of sp³-hybridized carbons (Fsp3) is 0.333. The Morgan fingerprint density at radius 1 is 1.18 bits per heavy atom. The quantitative estimate of drug-likeness (QED) is 0.235. The minimum atomic E-state index is -0.547. The van der Waals surface area contributed by atoms with Crippen LogP contribution in [0, 0.1) is 0 Å². The van der Waals surface area contributed by atoms with Gasteiger partial charge in [-0.05, 0) is 45.0 Å². The summed E-state index contributed by atoms with van der Waals surface area (Å²) >= 11 is 6.19. The van der Waals surface area contributed by atoms with Crippen molar-refractivity contribution in [2.24, 2.45) is 0 Å². The maximum atomic E-state index is 13.4. The summed E-state index contributed by atoms with van der Waals surface area (Å²) in [5.74, 6) is 1.12. The second-order valence-electron chi connectivity index (χ2n) is 11.4. The molecule has 2 N–H and O–H groups in total. The number of halogens is 1. The molecule has 1 aliphatic rings. The number of allylic oxidation sites excluding steroid dienone is 1. The highest BCUT2D eigenvalue weighted by molar-refractivity contribution is 6.34. The van der Waals surface area contributed by atoms with Gasteiger partial charge in [0.2, 0.25) is 11.8 Å². The molecule has 5 heterocycles. The Kier molecular flexibility index (Phi) is 7.72. The summed E-state index contributed by atoms with van der Waals surface area (Å²) in [6, 6.07) is 10.9.